The normalized spacial score (nSPS) is 11.5. The van der Waals surface area contributed by atoms with E-state index in [2.05, 4.69) is 214 Å². The fourth-order valence-corrected chi connectivity index (χ4v) is 7.93. The second-order valence-corrected chi connectivity index (χ2v) is 13.0. The van der Waals surface area contributed by atoms with Crippen molar-refractivity contribution in [2.24, 2.45) is 0 Å². The van der Waals surface area contributed by atoms with Crippen molar-refractivity contribution in [3.8, 4) is 22.5 Å². The zero-order valence-corrected chi connectivity index (χ0v) is 27.9. The standard InChI is InChI=1S/C48H33N3.H2/c1-4-17-35(18-5-1)49(36-19-6-2-7-20-36)38-31-34(32-39(33-38)51-44-27-13-10-23-41(44)42-24-11-14-28-45(42)51)40-26-16-30-47-48(40)43-25-12-15-29-46(43)50(47)37-21-8-3-9-22-37;/h1-33H;1H. The van der Waals surface area contributed by atoms with Gasteiger partial charge in [0, 0.05) is 51.4 Å². The summed E-state index contributed by atoms with van der Waals surface area (Å²) in [5.74, 6) is 0. The molecule has 0 N–H and O–H groups in total. The van der Waals surface area contributed by atoms with E-state index in [-0.39, 0.29) is 1.43 Å². The van der Waals surface area contributed by atoms with Gasteiger partial charge in [-0.15, -0.1) is 0 Å². The van der Waals surface area contributed by atoms with Gasteiger partial charge in [-0.1, -0.05) is 121 Å². The van der Waals surface area contributed by atoms with Gasteiger partial charge < -0.3 is 14.0 Å². The number of anilines is 3. The fourth-order valence-electron chi connectivity index (χ4n) is 7.93. The van der Waals surface area contributed by atoms with E-state index in [0.29, 0.717) is 0 Å². The predicted octanol–water partition coefficient (Wildman–Crippen LogP) is 13.3. The van der Waals surface area contributed by atoms with Crippen LogP contribution in [0, 0.1) is 0 Å². The lowest BCUT2D eigenvalue weighted by Gasteiger charge is -2.27. The van der Waals surface area contributed by atoms with Crippen molar-refractivity contribution in [2.75, 3.05) is 4.90 Å². The van der Waals surface area contributed by atoms with Gasteiger partial charge in [0.25, 0.3) is 0 Å². The van der Waals surface area contributed by atoms with Crippen molar-refractivity contribution >= 4 is 60.7 Å². The molecule has 0 saturated carbocycles. The monoisotopic (exact) mass is 653 g/mol. The Balaban J connectivity index is 0.00000360. The second-order valence-electron chi connectivity index (χ2n) is 13.0. The van der Waals surface area contributed by atoms with Gasteiger partial charge in [-0.05, 0) is 90.0 Å². The van der Waals surface area contributed by atoms with Crippen LogP contribution in [0.2, 0.25) is 0 Å². The van der Waals surface area contributed by atoms with Crippen LogP contribution in [0.15, 0.2) is 200 Å². The Morgan fingerprint density at radius 1 is 0.333 bits per heavy atom. The van der Waals surface area contributed by atoms with Crippen molar-refractivity contribution < 1.29 is 1.43 Å². The number of para-hydroxylation sites is 6. The summed E-state index contributed by atoms with van der Waals surface area (Å²) in [6.45, 7) is 0. The quantitative estimate of drug-likeness (QED) is 0.174. The van der Waals surface area contributed by atoms with Crippen molar-refractivity contribution in [3.63, 3.8) is 0 Å². The van der Waals surface area contributed by atoms with E-state index in [1.54, 1.807) is 0 Å². The van der Waals surface area contributed by atoms with E-state index < -0.39 is 0 Å². The molecule has 10 aromatic rings. The number of hydrogen-bond acceptors (Lipinski definition) is 1. The number of rotatable bonds is 6. The first-order chi connectivity index (χ1) is 25.3. The molecular weight excluding hydrogens is 619 g/mol. The highest BCUT2D eigenvalue weighted by Crippen LogP contribution is 2.43. The molecule has 2 aromatic heterocycles. The fraction of sp³-hybridized carbons (Fsp3) is 0. The molecule has 0 unspecified atom stereocenters. The molecule has 3 nitrogen and oxygen atoms in total. The van der Waals surface area contributed by atoms with Crippen LogP contribution in [-0.4, -0.2) is 9.13 Å². The molecule has 242 valence electrons. The lowest BCUT2D eigenvalue weighted by molar-refractivity contribution is 1.17. The maximum absolute atomic E-state index is 2.43. The Labute approximate surface area is 298 Å². The third-order valence-electron chi connectivity index (χ3n) is 10.1. The second kappa shape index (κ2) is 11.9. The zero-order chi connectivity index (χ0) is 33.7. The van der Waals surface area contributed by atoms with Gasteiger partial charge in [0.05, 0.1) is 22.1 Å². The van der Waals surface area contributed by atoms with E-state index in [9.17, 15) is 0 Å². The largest absolute Gasteiger partial charge is 0.310 e. The molecule has 0 aliphatic rings. The van der Waals surface area contributed by atoms with E-state index in [1.165, 1.54) is 49.2 Å². The highest BCUT2D eigenvalue weighted by molar-refractivity contribution is 6.16. The topological polar surface area (TPSA) is 13.1 Å². The summed E-state index contributed by atoms with van der Waals surface area (Å²) >= 11 is 0. The first kappa shape index (κ1) is 29.1. The zero-order valence-electron chi connectivity index (χ0n) is 27.9. The summed E-state index contributed by atoms with van der Waals surface area (Å²) in [5.41, 5.74) is 12.7. The third kappa shape index (κ3) is 4.74. The summed E-state index contributed by atoms with van der Waals surface area (Å²) in [6, 6.07) is 72.2. The van der Waals surface area contributed by atoms with E-state index in [0.717, 1.165) is 34.0 Å². The molecule has 3 heteroatoms. The summed E-state index contributed by atoms with van der Waals surface area (Å²) < 4.78 is 4.82. The Kier molecular flexibility index (Phi) is 6.81. The molecule has 0 aliphatic carbocycles. The maximum Gasteiger partial charge on any atom is 0.0547 e. The van der Waals surface area contributed by atoms with E-state index >= 15 is 0 Å². The van der Waals surface area contributed by atoms with Gasteiger partial charge in [0.15, 0.2) is 0 Å². The lowest BCUT2D eigenvalue weighted by atomic mass is 9.97. The van der Waals surface area contributed by atoms with Gasteiger partial charge in [-0.25, -0.2) is 0 Å². The molecule has 0 radical (unpaired) electrons. The van der Waals surface area contributed by atoms with Gasteiger partial charge in [0.2, 0.25) is 0 Å². The maximum atomic E-state index is 2.43. The molecule has 0 spiro atoms. The van der Waals surface area contributed by atoms with Crippen LogP contribution in [0.3, 0.4) is 0 Å². The number of fused-ring (bicyclic) bond motifs is 6. The molecule has 0 atom stereocenters. The van der Waals surface area contributed by atoms with Crippen molar-refractivity contribution in [3.05, 3.63) is 200 Å². The first-order valence-corrected chi connectivity index (χ1v) is 17.5. The highest BCUT2D eigenvalue weighted by atomic mass is 15.1. The van der Waals surface area contributed by atoms with Gasteiger partial charge in [-0.2, -0.15) is 0 Å². The molecule has 0 amide bonds. The van der Waals surface area contributed by atoms with Crippen molar-refractivity contribution in [2.45, 2.75) is 0 Å². The summed E-state index contributed by atoms with van der Waals surface area (Å²) in [4.78, 5) is 2.37. The number of benzene rings is 8. The Morgan fingerprint density at radius 2 is 0.804 bits per heavy atom. The minimum absolute atomic E-state index is 0. The SMILES string of the molecule is [HH].c1ccc(N(c2ccccc2)c2cc(-c3cccc4c3c3ccccc3n4-c3ccccc3)cc(-n3c4ccccc4c4ccccc43)c2)cc1. The third-order valence-corrected chi connectivity index (χ3v) is 10.1. The lowest BCUT2D eigenvalue weighted by Crippen LogP contribution is -2.10. The van der Waals surface area contributed by atoms with Crippen molar-refractivity contribution in [1.29, 1.82) is 0 Å². The Bertz CT molecular complexity index is 2760. The van der Waals surface area contributed by atoms with Crippen LogP contribution >= 0.6 is 0 Å². The Morgan fingerprint density at radius 3 is 1.41 bits per heavy atom. The molecule has 0 bridgehead atoms. The summed E-state index contributed by atoms with van der Waals surface area (Å²) in [7, 11) is 0. The number of hydrogen-bond donors (Lipinski definition) is 0. The van der Waals surface area contributed by atoms with E-state index in [1.807, 2.05) is 0 Å². The van der Waals surface area contributed by atoms with Gasteiger partial charge in [-0.3, -0.25) is 0 Å². The summed E-state index contributed by atoms with van der Waals surface area (Å²) in [5, 5.41) is 4.97. The average Bonchev–Trinajstić information content (AvgIpc) is 3.72. The average molecular weight is 654 g/mol. The molecular formula is C48H35N3. The number of aromatic nitrogens is 2. The van der Waals surface area contributed by atoms with E-state index in [4.69, 9.17) is 0 Å². The van der Waals surface area contributed by atoms with Crippen LogP contribution in [0.5, 0.6) is 0 Å². The molecule has 10 rings (SSSR count). The van der Waals surface area contributed by atoms with Crippen LogP contribution in [0.25, 0.3) is 66.1 Å². The molecule has 51 heavy (non-hydrogen) atoms. The molecule has 0 fully saturated rings. The minimum atomic E-state index is 0. The van der Waals surface area contributed by atoms with Gasteiger partial charge in [0.1, 0.15) is 0 Å². The van der Waals surface area contributed by atoms with Crippen molar-refractivity contribution in [1.82, 2.24) is 9.13 Å². The van der Waals surface area contributed by atoms with Crippen LogP contribution < -0.4 is 4.90 Å². The minimum Gasteiger partial charge on any atom is -0.310 e. The van der Waals surface area contributed by atoms with Gasteiger partial charge >= 0.3 is 0 Å². The summed E-state index contributed by atoms with van der Waals surface area (Å²) in [6.07, 6.45) is 0. The molecule has 0 aliphatic heterocycles. The Hall–Kier alpha value is -6.84. The molecule has 0 saturated heterocycles. The predicted molar refractivity (Wildman–Crippen MR) is 217 cm³/mol. The molecule has 8 aromatic carbocycles. The van der Waals surface area contributed by atoms with Crippen LogP contribution in [-0.2, 0) is 0 Å². The first-order valence-electron chi connectivity index (χ1n) is 17.5. The molecule has 2 heterocycles. The van der Waals surface area contributed by atoms with Crippen LogP contribution in [0.1, 0.15) is 1.43 Å². The number of nitrogens with zero attached hydrogens (tertiary/aromatic N) is 3. The highest BCUT2D eigenvalue weighted by Gasteiger charge is 2.21. The smallest absolute Gasteiger partial charge is 0.0547 e. The van der Waals surface area contributed by atoms with Crippen LogP contribution in [0.4, 0.5) is 17.1 Å².